The summed E-state index contributed by atoms with van der Waals surface area (Å²) in [4.78, 5) is 8.90. The standard InChI is InChI=1S/C17H28N4O3/c1-3-18-17(21-13-15-7-5-9-23-15)20-12-14-6-4-8-19-16(14)24-11-10-22-2/h4,6,8,15H,3,5,7,9-13H2,1-2H3,(H2,18,20,21). The number of aliphatic imine (C=N–C) groups is 1. The zero-order valence-electron chi connectivity index (χ0n) is 14.6. The Morgan fingerprint density at radius 2 is 2.33 bits per heavy atom. The third kappa shape index (κ3) is 6.33. The summed E-state index contributed by atoms with van der Waals surface area (Å²) < 4.78 is 16.3. The van der Waals surface area contributed by atoms with Gasteiger partial charge in [-0.25, -0.2) is 9.98 Å². The van der Waals surface area contributed by atoms with E-state index in [1.165, 1.54) is 0 Å². The molecule has 1 aromatic heterocycles. The van der Waals surface area contributed by atoms with Gasteiger partial charge in [-0.1, -0.05) is 6.07 Å². The van der Waals surface area contributed by atoms with E-state index in [9.17, 15) is 0 Å². The second-order valence-corrected chi connectivity index (χ2v) is 5.52. The molecule has 1 aliphatic rings. The van der Waals surface area contributed by atoms with Crippen LogP contribution in [0.3, 0.4) is 0 Å². The molecule has 1 saturated heterocycles. The van der Waals surface area contributed by atoms with Gasteiger partial charge in [-0.05, 0) is 25.8 Å². The summed E-state index contributed by atoms with van der Waals surface area (Å²) in [6, 6.07) is 3.86. The van der Waals surface area contributed by atoms with E-state index in [0.717, 1.165) is 44.1 Å². The van der Waals surface area contributed by atoms with Crippen LogP contribution in [-0.2, 0) is 16.0 Å². The van der Waals surface area contributed by atoms with Crippen LogP contribution < -0.4 is 15.4 Å². The lowest BCUT2D eigenvalue weighted by molar-refractivity contribution is 0.114. The molecule has 0 aliphatic carbocycles. The Labute approximate surface area is 143 Å². The van der Waals surface area contributed by atoms with E-state index in [4.69, 9.17) is 14.2 Å². The Bertz CT molecular complexity index is 504. The molecule has 1 fully saturated rings. The van der Waals surface area contributed by atoms with Crippen molar-refractivity contribution < 1.29 is 14.2 Å². The molecule has 2 heterocycles. The molecule has 2 rings (SSSR count). The molecule has 0 bridgehead atoms. The van der Waals surface area contributed by atoms with Gasteiger partial charge in [0.25, 0.3) is 0 Å². The molecular formula is C17H28N4O3. The minimum Gasteiger partial charge on any atom is -0.475 e. The van der Waals surface area contributed by atoms with Gasteiger partial charge in [0.1, 0.15) is 6.61 Å². The van der Waals surface area contributed by atoms with Crippen molar-refractivity contribution in [2.24, 2.45) is 4.99 Å². The van der Waals surface area contributed by atoms with Crippen LogP contribution in [0, 0.1) is 0 Å². The van der Waals surface area contributed by atoms with Gasteiger partial charge < -0.3 is 24.8 Å². The second-order valence-electron chi connectivity index (χ2n) is 5.52. The molecule has 1 aromatic rings. The molecule has 1 atom stereocenters. The fourth-order valence-corrected chi connectivity index (χ4v) is 2.42. The maximum absolute atomic E-state index is 5.64. The first-order valence-electron chi connectivity index (χ1n) is 8.53. The van der Waals surface area contributed by atoms with Gasteiger partial charge in [-0.2, -0.15) is 0 Å². The highest BCUT2D eigenvalue weighted by atomic mass is 16.5. The number of rotatable bonds is 9. The quantitative estimate of drug-likeness (QED) is 0.403. The van der Waals surface area contributed by atoms with Crippen molar-refractivity contribution in [3.05, 3.63) is 23.9 Å². The smallest absolute Gasteiger partial charge is 0.218 e. The van der Waals surface area contributed by atoms with E-state index in [-0.39, 0.29) is 6.10 Å². The molecule has 0 spiro atoms. The first-order chi connectivity index (χ1) is 11.8. The normalized spacial score (nSPS) is 17.8. The summed E-state index contributed by atoms with van der Waals surface area (Å²) in [5.41, 5.74) is 0.947. The van der Waals surface area contributed by atoms with Crippen LogP contribution in [0.25, 0.3) is 0 Å². The van der Waals surface area contributed by atoms with Gasteiger partial charge >= 0.3 is 0 Å². The van der Waals surface area contributed by atoms with Crippen molar-refractivity contribution in [3.8, 4) is 5.88 Å². The number of methoxy groups -OCH3 is 1. The van der Waals surface area contributed by atoms with E-state index < -0.39 is 0 Å². The number of nitrogens with zero attached hydrogens (tertiary/aromatic N) is 2. The Hall–Kier alpha value is -1.86. The van der Waals surface area contributed by atoms with E-state index in [2.05, 4.69) is 20.6 Å². The SMILES string of the molecule is CCNC(=NCc1cccnc1OCCOC)NCC1CCCO1. The van der Waals surface area contributed by atoms with Crippen LogP contribution >= 0.6 is 0 Å². The third-order valence-corrected chi connectivity index (χ3v) is 3.65. The fraction of sp³-hybridized carbons (Fsp3) is 0.647. The predicted octanol–water partition coefficient (Wildman–Crippen LogP) is 1.34. The van der Waals surface area contributed by atoms with Crippen LogP contribution in [0.15, 0.2) is 23.3 Å². The highest BCUT2D eigenvalue weighted by Crippen LogP contribution is 2.15. The molecule has 0 radical (unpaired) electrons. The molecule has 134 valence electrons. The van der Waals surface area contributed by atoms with Crippen molar-refractivity contribution in [2.75, 3.05) is 40.0 Å². The molecule has 1 unspecified atom stereocenters. The number of ether oxygens (including phenoxy) is 3. The molecule has 2 N–H and O–H groups in total. The van der Waals surface area contributed by atoms with Crippen molar-refractivity contribution in [2.45, 2.75) is 32.4 Å². The number of hydrogen-bond donors (Lipinski definition) is 2. The first kappa shape index (κ1) is 18.5. The van der Waals surface area contributed by atoms with Crippen LogP contribution in [0.1, 0.15) is 25.3 Å². The summed E-state index contributed by atoms with van der Waals surface area (Å²) in [6.07, 6.45) is 4.24. The summed E-state index contributed by atoms with van der Waals surface area (Å²) >= 11 is 0. The first-order valence-corrected chi connectivity index (χ1v) is 8.53. The number of aromatic nitrogens is 1. The minimum absolute atomic E-state index is 0.278. The molecule has 0 amide bonds. The van der Waals surface area contributed by atoms with E-state index in [0.29, 0.717) is 25.6 Å². The fourth-order valence-electron chi connectivity index (χ4n) is 2.42. The van der Waals surface area contributed by atoms with Crippen LogP contribution in [0.5, 0.6) is 5.88 Å². The zero-order chi connectivity index (χ0) is 17.0. The van der Waals surface area contributed by atoms with E-state index >= 15 is 0 Å². The second kappa shape index (κ2) is 10.8. The maximum Gasteiger partial charge on any atom is 0.218 e. The molecular weight excluding hydrogens is 308 g/mol. The van der Waals surface area contributed by atoms with Crippen LogP contribution in [0.2, 0.25) is 0 Å². The monoisotopic (exact) mass is 336 g/mol. The molecule has 24 heavy (non-hydrogen) atoms. The predicted molar refractivity (Wildman–Crippen MR) is 93.4 cm³/mol. The summed E-state index contributed by atoms with van der Waals surface area (Å²) in [5.74, 6) is 1.38. The molecule has 1 aliphatic heterocycles. The minimum atomic E-state index is 0.278. The Morgan fingerprint density at radius 3 is 3.08 bits per heavy atom. The van der Waals surface area contributed by atoms with E-state index in [1.54, 1.807) is 13.3 Å². The zero-order valence-corrected chi connectivity index (χ0v) is 14.6. The number of nitrogens with one attached hydrogen (secondary N) is 2. The lowest BCUT2D eigenvalue weighted by Gasteiger charge is -2.15. The van der Waals surface area contributed by atoms with Gasteiger partial charge in [0.15, 0.2) is 5.96 Å². The third-order valence-electron chi connectivity index (χ3n) is 3.65. The highest BCUT2D eigenvalue weighted by molar-refractivity contribution is 5.79. The van der Waals surface area contributed by atoms with Crippen molar-refractivity contribution >= 4 is 5.96 Å². The molecule has 0 saturated carbocycles. The number of pyridine rings is 1. The van der Waals surface area contributed by atoms with Gasteiger partial charge in [0.05, 0.1) is 19.3 Å². The topological polar surface area (TPSA) is 77.0 Å². The van der Waals surface area contributed by atoms with E-state index in [1.807, 2.05) is 19.1 Å². The number of hydrogen-bond acceptors (Lipinski definition) is 5. The Morgan fingerprint density at radius 1 is 1.42 bits per heavy atom. The lowest BCUT2D eigenvalue weighted by Crippen LogP contribution is -2.41. The van der Waals surface area contributed by atoms with Crippen molar-refractivity contribution in [1.29, 1.82) is 0 Å². The Balaban J connectivity index is 1.91. The van der Waals surface area contributed by atoms with Gasteiger partial charge in [-0.15, -0.1) is 0 Å². The lowest BCUT2D eigenvalue weighted by atomic mass is 10.2. The summed E-state index contributed by atoms with van der Waals surface area (Å²) in [5, 5.41) is 6.59. The van der Waals surface area contributed by atoms with Crippen molar-refractivity contribution in [3.63, 3.8) is 0 Å². The maximum atomic E-state index is 5.64. The van der Waals surface area contributed by atoms with Gasteiger partial charge in [-0.3, -0.25) is 0 Å². The molecule has 0 aromatic carbocycles. The average Bonchev–Trinajstić information content (AvgIpc) is 3.12. The summed E-state index contributed by atoms with van der Waals surface area (Å²) in [7, 11) is 1.65. The van der Waals surface area contributed by atoms with Crippen molar-refractivity contribution in [1.82, 2.24) is 15.6 Å². The molecule has 7 nitrogen and oxygen atoms in total. The van der Waals surface area contributed by atoms with Gasteiger partial charge in [0, 0.05) is 38.6 Å². The van der Waals surface area contributed by atoms with Crippen LogP contribution in [-0.4, -0.2) is 57.1 Å². The Kier molecular flexibility index (Phi) is 8.34. The molecule has 7 heteroatoms. The largest absolute Gasteiger partial charge is 0.475 e. The average molecular weight is 336 g/mol. The number of guanidine groups is 1. The highest BCUT2D eigenvalue weighted by Gasteiger charge is 2.15. The van der Waals surface area contributed by atoms with Crippen LogP contribution in [0.4, 0.5) is 0 Å². The van der Waals surface area contributed by atoms with Gasteiger partial charge in [0.2, 0.25) is 5.88 Å². The summed E-state index contributed by atoms with van der Waals surface area (Å²) in [6.45, 7) is 5.99.